The Kier molecular flexibility index (Phi) is 4.65. The van der Waals surface area contributed by atoms with E-state index in [-0.39, 0.29) is 6.42 Å². The Labute approximate surface area is 121 Å². The van der Waals surface area contributed by atoms with Crippen LogP contribution in [0, 0.1) is 0 Å². The molecular weight excluding hydrogens is 274 g/mol. The van der Waals surface area contributed by atoms with Crippen LogP contribution in [0.5, 0.6) is 0 Å². The van der Waals surface area contributed by atoms with Crippen LogP contribution < -0.4 is 0 Å². The highest BCUT2D eigenvalue weighted by molar-refractivity contribution is 5.83. The first kappa shape index (κ1) is 14.7. The van der Waals surface area contributed by atoms with Gasteiger partial charge in [-0.1, -0.05) is 23.4 Å². The Hall–Kier alpha value is -2.70. The summed E-state index contributed by atoms with van der Waals surface area (Å²) < 4.78 is 10.8. The van der Waals surface area contributed by atoms with Gasteiger partial charge in [-0.3, -0.25) is 9.59 Å². The first-order valence-electron chi connectivity index (χ1n) is 6.28. The standard InChI is InChI=1S/C14H15N3O4/c1-20-13(18)8-11(14(19)21-2)12-9-17(16-15-12)10-6-4-3-5-7-10/h3-7,9,11H,8H2,1-2H3. The third-order valence-corrected chi connectivity index (χ3v) is 2.97. The molecule has 0 saturated heterocycles. The van der Waals surface area contributed by atoms with Crippen LogP contribution in [0.2, 0.25) is 0 Å². The zero-order valence-electron chi connectivity index (χ0n) is 11.7. The van der Waals surface area contributed by atoms with Gasteiger partial charge in [0, 0.05) is 0 Å². The topological polar surface area (TPSA) is 83.3 Å². The molecule has 0 N–H and O–H groups in total. The lowest BCUT2D eigenvalue weighted by atomic mass is 10.0. The SMILES string of the molecule is COC(=O)CC(C(=O)OC)c1cn(-c2ccccc2)nn1. The van der Waals surface area contributed by atoms with Crippen molar-refractivity contribution in [2.75, 3.05) is 14.2 Å². The number of esters is 2. The lowest BCUT2D eigenvalue weighted by molar-refractivity contribution is -0.149. The van der Waals surface area contributed by atoms with E-state index < -0.39 is 17.9 Å². The molecule has 0 saturated carbocycles. The lowest BCUT2D eigenvalue weighted by Crippen LogP contribution is -2.19. The lowest BCUT2D eigenvalue weighted by Gasteiger charge is -2.09. The first-order chi connectivity index (χ1) is 10.2. The Morgan fingerprint density at radius 3 is 2.52 bits per heavy atom. The highest BCUT2D eigenvalue weighted by Gasteiger charge is 2.28. The summed E-state index contributed by atoms with van der Waals surface area (Å²) in [6.07, 6.45) is 1.45. The molecular formula is C14H15N3O4. The maximum atomic E-state index is 11.8. The summed E-state index contributed by atoms with van der Waals surface area (Å²) in [5, 5.41) is 7.92. The van der Waals surface area contributed by atoms with Gasteiger partial charge in [0.15, 0.2) is 0 Å². The van der Waals surface area contributed by atoms with Crippen molar-refractivity contribution in [2.24, 2.45) is 0 Å². The summed E-state index contributed by atoms with van der Waals surface area (Å²) in [6.45, 7) is 0. The maximum Gasteiger partial charge on any atom is 0.315 e. The van der Waals surface area contributed by atoms with E-state index >= 15 is 0 Å². The van der Waals surface area contributed by atoms with E-state index in [0.717, 1.165) is 5.69 Å². The molecule has 21 heavy (non-hydrogen) atoms. The molecule has 2 rings (SSSR count). The van der Waals surface area contributed by atoms with Crippen LogP contribution in [0.1, 0.15) is 18.0 Å². The van der Waals surface area contributed by atoms with E-state index in [9.17, 15) is 9.59 Å². The van der Waals surface area contributed by atoms with Crippen molar-refractivity contribution in [1.82, 2.24) is 15.0 Å². The fourth-order valence-corrected chi connectivity index (χ4v) is 1.84. The third kappa shape index (κ3) is 3.44. The van der Waals surface area contributed by atoms with Crippen LogP contribution in [-0.4, -0.2) is 41.2 Å². The summed E-state index contributed by atoms with van der Waals surface area (Å²) in [7, 11) is 2.52. The third-order valence-electron chi connectivity index (χ3n) is 2.97. The molecule has 1 aromatic heterocycles. The maximum absolute atomic E-state index is 11.8. The second-order valence-electron chi connectivity index (χ2n) is 4.28. The molecule has 0 bridgehead atoms. The quantitative estimate of drug-likeness (QED) is 0.766. The van der Waals surface area contributed by atoms with Crippen molar-refractivity contribution in [3.05, 3.63) is 42.2 Å². The van der Waals surface area contributed by atoms with Crippen LogP contribution in [0.25, 0.3) is 5.69 Å². The zero-order chi connectivity index (χ0) is 15.2. The minimum atomic E-state index is -0.833. The molecule has 2 aromatic rings. The highest BCUT2D eigenvalue weighted by atomic mass is 16.5. The van der Waals surface area contributed by atoms with E-state index in [0.29, 0.717) is 5.69 Å². The number of nitrogens with zero attached hydrogens (tertiary/aromatic N) is 3. The Bertz CT molecular complexity index is 624. The number of aromatic nitrogens is 3. The number of ether oxygens (including phenoxy) is 2. The summed E-state index contributed by atoms with van der Waals surface area (Å²) in [5.41, 5.74) is 1.16. The van der Waals surface area contributed by atoms with Gasteiger partial charge in [-0.15, -0.1) is 5.10 Å². The monoisotopic (exact) mass is 289 g/mol. The molecule has 7 nitrogen and oxygen atoms in total. The molecule has 0 aliphatic rings. The molecule has 0 amide bonds. The Balaban J connectivity index is 2.27. The predicted octanol–water partition coefficient (Wildman–Crippen LogP) is 1.09. The van der Waals surface area contributed by atoms with Gasteiger partial charge in [0.05, 0.1) is 38.2 Å². The summed E-state index contributed by atoms with van der Waals surface area (Å²) in [4.78, 5) is 23.2. The van der Waals surface area contributed by atoms with E-state index in [2.05, 4.69) is 15.0 Å². The molecule has 110 valence electrons. The molecule has 0 aliphatic heterocycles. The average molecular weight is 289 g/mol. The van der Waals surface area contributed by atoms with Gasteiger partial charge < -0.3 is 9.47 Å². The second-order valence-corrected chi connectivity index (χ2v) is 4.28. The number of carbonyl (C=O) groups is 2. The number of carbonyl (C=O) groups excluding carboxylic acids is 2. The number of benzene rings is 1. The minimum Gasteiger partial charge on any atom is -0.469 e. The normalized spacial score (nSPS) is 11.7. The van der Waals surface area contributed by atoms with Crippen molar-refractivity contribution in [3.8, 4) is 5.69 Å². The molecule has 0 fully saturated rings. The summed E-state index contributed by atoms with van der Waals surface area (Å²) in [5.74, 6) is -1.90. The van der Waals surface area contributed by atoms with E-state index in [1.807, 2.05) is 30.3 Å². The van der Waals surface area contributed by atoms with E-state index in [4.69, 9.17) is 4.74 Å². The first-order valence-corrected chi connectivity index (χ1v) is 6.28. The smallest absolute Gasteiger partial charge is 0.315 e. The summed E-state index contributed by atoms with van der Waals surface area (Å²) >= 11 is 0. The van der Waals surface area contributed by atoms with Crippen molar-refractivity contribution in [2.45, 2.75) is 12.3 Å². The van der Waals surface area contributed by atoms with E-state index in [1.54, 1.807) is 6.20 Å². The Morgan fingerprint density at radius 1 is 1.19 bits per heavy atom. The Morgan fingerprint density at radius 2 is 1.90 bits per heavy atom. The molecule has 1 unspecified atom stereocenters. The fraction of sp³-hybridized carbons (Fsp3) is 0.286. The van der Waals surface area contributed by atoms with Gasteiger partial charge >= 0.3 is 11.9 Å². The molecule has 0 radical (unpaired) electrons. The van der Waals surface area contributed by atoms with Crippen LogP contribution in [0.4, 0.5) is 0 Å². The zero-order valence-corrected chi connectivity index (χ0v) is 11.7. The van der Waals surface area contributed by atoms with Gasteiger partial charge in [0.2, 0.25) is 0 Å². The minimum absolute atomic E-state index is 0.142. The molecule has 0 aliphatic carbocycles. The summed E-state index contributed by atoms with van der Waals surface area (Å²) in [6, 6.07) is 9.32. The van der Waals surface area contributed by atoms with Gasteiger partial charge in [0.1, 0.15) is 5.92 Å². The molecule has 7 heteroatoms. The fourth-order valence-electron chi connectivity index (χ4n) is 1.84. The van der Waals surface area contributed by atoms with Gasteiger partial charge in [-0.05, 0) is 12.1 Å². The van der Waals surface area contributed by atoms with Crippen LogP contribution in [0.3, 0.4) is 0 Å². The van der Waals surface area contributed by atoms with Gasteiger partial charge in [-0.25, -0.2) is 4.68 Å². The van der Waals surface area contributed by atoms with Crippen LogP contribution in [0.15, 0.2) is 36.5 Å². The van der Waals surface area contributed by atoms with Crippen molar-refractivity contribution >= 4 is 11.9 Å². The number of methoxy groups -OCH3 is 2. The largest absolute Gasteiger partial charge is 0.469 e. The van der Waals surface area contributed by atoms with Gasteiger partial charge in [0.25, 0.3) is 0 Å². The van der Waals surface area contributed by atoms with E-state index in [1.165, 1.54) is 18.9 Å². The van der Waals surface area contributed by atoms with Crippen molar-refractivity contribution < 1.29 is 19.1 Å². The highest BCUT2D eigenvalue weighted by Crippen LogP contribution is 2.20. The number of hydrogen-bond donors (Lipinski definition) is 0. The average Bonchev–Trinajstić information content (AvgIpc) is 3.02. The second kappa shape index (κ2) is 6.65. The molecule has 1 heterocycles. The molecule has 0 spiro atoms. The number of para-hydroxylation sites is 1. The van der Waals surface area contributed by atoms with Crippen LogP contribution >= 0.6 is 0 Å². The predicted molar refractivity (Wildman–Crippen MR) is 72.7 cm³/mol. The number of hydrogen-bond acceptors (Lipinski definition) is 6. The molecule has 1 atom stereocenters. The van der Waals surface area contributed by atoms with Gasteiger partial charge in [-0.2, -0.15) is 0 Å². The number of rotatable bonds is 5. The van der Waals surface area contributed by atoms with Crippen molar-refractivity contribution in [1.29, 1.82) is 0 Å². The molecule has 1 aromatic carbocycles. The van der Waals surface area contributed by atoms with Crippen molar-refractivity contribution in [3.63, 3.8) is 0 Å². The van der Waals surface area contributed by atoms with Crippen LogP contribution in [-0.2, 0) is 19.1 Å².